The number of ether oxygens (including phenoxy) is 1. The van der Waals surface area contributed by atoms with Crippen LogP contribution in [0.2, 0.25) is 0 Å². The minimum atomic E-state index is -0.402. The number of alkyl halides is 1. The molecule has 3 nitrogen and oxygen atoms in total. The second kappa shape index (κ2) is 10.0. The van der Waals surface area contributed by atoms with Crippen LogP contribution in [0.1, 0.15) is 81.1 Å². The highest BCUT2D eigenvalue weighted by Crippen LogP contribution is 2.49. The Hall–Kier alpha value is -0.280. The van der Waals surface area contributed by atoms with Crippen LogP contribution in [0.25, 0.3) is 0 Å². The van der Waals surface area contributed by atoms with Gasteiger partial charge in [-0.15, -0.1) is 11.6 Å². The first kappa shape index (κ1) is 23.7. The van der Waals surface area contributed by atoms with Crippen molar-refractivity contribution in [1.29, 1.82) is 0 Å². The Morgan fingerprint density at radius 1 is 1.04 bits per heavy atom. The molecule has 1 amide bonds. The molecule has 0 rings (SSSR count). The summed E-state index contributed by atoms with van der Waals surface area (Å²) in [5, 5.41) is 3.08. The second-order valence-electron chi connectivity index (χ2n) is 8.73. The van der Waals surface area contributed by atoms with Crippen molar-refractivity contribution in [3.8, 4) is 0 Å². The molecule has 0 saturated heterocycles. The molecule has 0 saturated carbocycles. The summed E-state index contributed by atoms with van der Waals surface area (Å²) in [6, 6.07) is 0. The summed E-state index contributed by atoms with van der Waals surface area (Å²) in [7, 11) is 0. The molecule has 0 heterocycles. The van der Waals surface area contributed by atoms with Crippen LogP contribution >= 0.6 is 11.6 Å². The molecule has 1 atom stereocenters. The van der Waals surface area contributed by atoms with Crippen molar-refractivity contribution in [1.82, 2.24) is 5.32 Å². The quantitative estimate of drug-likeness (QED) is 0.373. The van der Waals surface area contributed by atoms with Gasteiger partial charge in [0.15, 0.2) is 0 Å². The molecule has 0 spiro atoms. The fraction of sp³-hybridized carbons (Fsp3) is 0.950. The van der Waals surface area contributed by atoms with E-state index in [4.69, 9.17) is 16.3 Å². The van der Waals surface area contributed by atoms with Gasteiger partial charge in [0.25, 0.3) is 0 Å². The first-order valence-electron chi connectivity index (χ1n) is 9.43. The average Bonchev–Trinajstić information content (AvgIpc) is 2.45. The minimum Gasteiger partial charge on any atom is -0.381 e. The van der Waals surface area contributed by atoms with Gasteiger partial charge in [0.1, 0.15) is 0 Å². The molecule has 0 bridgehead atoms. The van der Waals surface area contributed by atoms with Crippen LogP contribution < -0.4 is 5.32 Å². The number of halogens is 1. The Bertz CT molecular complexity index is 372. The Morgan fingerprint density at radius 2 is 1.62 bits per heavy atom. The topological polar surface area (TPSA) is 38.3 Å². The van der Waals surface area contributed by atoms with Gasteiger partial charge in [0.05, 0.1) is 0 Å². The Morgan fingerprint density at radius 3 is 2.08 bits per heavy atom. The molecule has 144 valence electrons. The summed E-state index contributed by atoms with van der Waals surface area (Å²) in [5.74, 6) is -0.00384. The summed E-state index contributed by atoms with van der Waals surface area (Å²) >= 11 is 6.50. The molecule has 0 fully saturated rings. The monoisotopic (exact) mass is 361 g/mol. The zero-order valence-electron chi connectivity index (χ0n) is 17.2. The summed E-state index contributed by atoms with van der Waals surface area (Å²) in [6.45, 7) is 19.3. The van der Waals surface area contributed by atoms with Crippen LogP contribution in [0.4, 0.5) is 0 Å². The van der Waals surface area contributed by atoms with E-state index in [-0.39, 0.29) is 22.7 Å². The largest absolute Gasteiger partial charge is 0.381 e. The molecule has 0 aliphatic heterocycles. The van der Waals surface area contributed by atoms with Crippen LogP contribution in [-0.4, -0.2) is 30.5 Å². The number of hydrogen-bond acceptors (Lipinski definition) is 2. The lowest BCUT2D eigenvalue weighted by Crippen LogP contribution is -2.49. The lowest BCUT2D eigenvalue weighted by Gasteiger charge is -2.47. The van der Waals surface area contributed by atoms with E-state index >= 15 is 0 Å². The lowest BCUT2D eigenvalue weighted by atomic mass is 9.58. The van der Waals surface area contributed by atoms with Crippen LogP contribution in [0.15, 0.2) is 0 Å². The van der Waals surface area contributed by atoms with Gasteiger partial charge in [-0.25, -0.2) is 0 Å². The molecule has 1 unspecified atom stereocenters. The van der Waals surface area contributed by atoms with E-state index < -0.39 is 4.87 Å². The fourth-order valence-electron chi connectivity index (χ4n) is 2.90. The number of nitrogens with one attached hydrogen (secondary N) is 1. The maximum Gasteiger partial charge on any atom is 0.223 e. The van der Waals surface area contributed by atoms with Gasteiger partial charge in [-0.2, -0.15) is 0 Å². The normalized spacial score (nSPS) is 14.5. The molecule has 0 aromatic heterocycles. The maximum atomic E-state index is 12.8. The van der Waals surface area contributed by atoms with E-state index in [9.17, 15) is 4.79 Å². The number of rotatable bonds is 12. The van der Waals surface area contributed by atoms with Gasteiger partial charge in [0, 0.05) is 30.6 Å². The van der Waals surface area contributed by atoms with E-state index in [1.54, 1.807) is 0 Å². The summed E-state index contributed by atoms with van der Waals surface area (Å²) < 4.78 is 5.69. The van der Waals surface area contributed by atoms with Gasteiger partial charge in [-0.3, -0.25) is 4.79 Å². The molecule has 0 aliphatic carbocycles. The predicted octanol–water partition coefficient (Wildman–Crippen LogP) is 5.41. The van der Waals surface area contributed by atoms with Crippen LogP contribution in [-0.2, 0) is 9.53 Å². The number of hydrogen-bond donors (Lipinski definition) is 1. The highest BCUT2D eigenvalue weighted by molar-refractivity contribution is 6.23. The number of carbonyl (C=O) groups is 1. The Labute approximate surface area is 155 Å². The van der Waals surface area contributed by atoms with E-state index in [1.165, 1.54) is 0 Å². The highest BCUT2D eigenvalue weighted by atomic mass is 35.5. The molecule has 0 radical (unpaired) electrons. The van der Waals surface area contributed by atoms with E-state index in [1.807, 2.05) is 13.8 Å². The Balaban J connectivity index is 5.26. The van der Waals surface area contributed by atoms with Crippen molar-refractivity contribution in [3.63, 3.8) is 0 Å². The van der Waals surface area contributed by atoms with Gasteiger partial charge < -0.3 is 10.1 Å². The first-order chi connectivity index (χ1) is 10.9. The second-order valence-corrected chi connectivity index (χ2v) is 9.76. The molecular weight excluding hydrogens is 322 g/mol. The predicted molar refractivity (Wildman–Crippen MR) is 105 cm³/mol. The summed E-state index contributed by atoms with van der Waals surface area (Å²) in [5.41, 5.74) is -0.219. The maximum absolute atomic E-state index is 12.8. The van der Waals surface area contributed by atoms with E-state index in [0.717, 1.165) is 32.5 Å². The van der Waals surface area contributed by atoms with E-state index in [2.05, 4.69) is 46.9 Å². The van der Waals surface area contributed by atoms with Crippen molar-refractivity contribution in [2.24, 2.45) is 16.7 Å². The fourth-order valence-corrected chi connectivity index (χ4v) is 3.05. The lowest BCUT2D eigenvalue weighted by molar-refractivity contribution is -0.133. The van der Waals surface area contributed by atoms with Crippen LogP contribution in [0.3, 0.4) is 0 Å². The highest BCUT2D eigenvalue weighted by Gasteiger charge is 2.47. The Kier molecular flexibility index (Phi) is 9.89. The zero-order valence-corrected chi connectivity index (χ0v) is 18.0. The van der Waals surface area contributed by atoms with Gasteiger partial charge in [-0.1, -0.05) is 41.5 Å². The standard InChI is InChI=1S/C20H40ClNO2/c1-9-12-22-17(23)16(15-19(5,6)21)20(7,8)18(3,4)11-14-24-13-10-2/h16H,9-15H2,1-8H3,(H,22,23). The van der Waals surface area contributed by atoms with Crippen molar-refractivity contribution < 1.29 is 9.53 Å². The van der Waals surface area contributed by atoms with Crippen LogP contribution in [0, 0.1) is 16.7 Å². The zero-order chi connectivity index (χ0) is 19.0. The number of carbonyl (C=O) groups excluding carboxylic acids is 1. The third-order valence-electron chi connectivity index (χ3n) is 5.39. The molecule has 24 heavy (non-hydrogen) atoms. The average molecular weight is 362 g/mol. The van der Waals surface area contributed by atoms with Gasteiger partial charge >= 0.3 is 0 Å². The van der Waals surface area contributed by atoms with Gasteiger partial charge in [0.2, 0.25) is 5.91 Å². The molecule has 1 N–H and O–H groups in total. The minimum absolute atomic E-state index is 0.0307. The van der Waals surface area contributed by atoms with Crippen molar-refractivity contribution in [3.05, 3.63) is 0 Å². The molecular formula is C20H40ClNO2. The van der Waals surface area contributed by atoms with E-state index in [0.29, 0.717) is 13.0 Å². The SMILES string of the molecule is CCCNC(=O)C(CC(C)(C)Cl)C(C)(C)C(C)(C)CCOCCC. The third-order valence-corrected chi connectivity index (χ3v) is 5.54. The summed E-state index contributed by atoms with van der Waals surface area (Å²) in [4.78, 5) is 12.4. The number of amides is 1. The van der Waals surface area contributed by atoms with Crippen molar-refractivity contribution in [2.75, 3.05) is 19.8 Å². The smallest absolute Gasteiger partial charge is 0.223 e. The molecule has 4 heteroatoms. The molecule has 0 aliphatic rings. The molecule has 0 aromatic rings. The first-order valence-corrected chi connectivity index (χ1v) is 9.81. The van der Waals surface area contributed by atoms with Crippen molar-refractivity contribution in [2.45, 2.75) is 85.9 Å². The van der Waals surface area contributed by atoms with Crippen molar-refractivity contribution >= 4 is 17.5 Å². The third kappa shape index (κ3) is 7.74. The molecule has 0 aromatic carbocycles. The van der Waals surface area contributed by atoms with Crippen LogP contribution in [0.5, 0.6) is 0 Å². The summed E-state index contributed by atoms with van der Waals surface area (Å²) in [6.07, 6.45) is 3.57. The van der Waals surface area contributed by atoms with Gasteiger partial charge in [-0.05, 0) is 50.4 Å².